The summed E-state index contributed by atoms with van der Waals surface area (Å²) in [5, 5.41) is 7.56. The van der Waals surface area contributed by atoms with Crippen LogP contribution in [0.1, 0.15) is 5.82 Å². The average molecular weight is 588 g/mol. The minimum absolute atomic E-state index is 0.880. The van der Waals surface area contributed by atoms with Gasteiger partial charge in [-0.05, 0) is 103 Å². The zero-order chi connectivity index (χ0) is 30.6. The SMILES string of the molecule is Cc1nc2cc(-c3ccc(-c4c5ccccc5c(-c5ccc6ccccc6c5)c5ccccc45)cc3)ccc2n1-c1ccccn1. The molecule has 3 heteroatoms. The first-order valence-corrected chi connectivity index (χ1v) is 15.7. The first-order chi connectivity index (χ1) is 22.7. The molecule has 0 spiro atoms. The topological polar surface area (TPSA) is 30.7 Å². The molecule has 0 bridgehead atoms. The van der Waals surface area contributed by atoms with E-state index in [1.165, 1.54) is 54.6 Å². The van der Waals surface area contributed by atoms with Crippen LogP contribution in [0.2, 0.25) is 0 Å². The van der Waals surface area contributed by atoms with Gasteiger partial charge >= 0.3 is 0 Å². The Bertz CT molecular complexity index is 2520. The molecular weight excluding hydrogens is 558 g/mol. The van der Waals surface area contributed by atoms with Crippen molar-refractivity contribution in [3.63, 3.8) is 0 Å². The molecule has 0 saturated heterocycles. The molecular formula is C43H29N3. The van der Waals surface area contributed by atoms with Crippen molar-refractivity contribution in [2.75, 3.05) is 0 Å². The van der Waals surface area contributed by atoms with Crippen LogP contribution in [0.15, 0.2) is 158 Å². The van der Waals surface area contributed by atoms with Crippen LogP contribution < -0.4 is 0 Å². The minimum Gasteiger partial charge on any atom is -0.281 e. The summed E-state index contributed by atoms with van der Waals surface area (Å²) in [6, 6.07) is 54.6. The molecule has 0 radical (unpaired) electrons. The first kappa shape index (κ1) is 26.4. The van der Waals surface area contributed by atoms with Crippen molar-refractivity contribution >= 4 is 43.4 Å². The van der Waals surface area contributed by atoms with Crippen molar-refractivity contribution < 1.29 is 0 Å². The molecule has 2 aromatic heterocycles. The number of pyridine rings is 1. The molecule has 0 atom stereocenters. The second-order valence-electron chi connectivity index (χ2n) is 11.9. The second kappa shape index (κ2) is 10.5. The average Bonchev–Trinajstić information content (AvgIpc) is 3.45. The molecule has 0 unspecified atom stereocenters. The maximum Gasteiger partial charge on any atom is 0.138 e. The Hall–Kier alpha value is -6.06. The molecule has 0 aliphatic heterocycles. The summed E-state index contributed by atoms with van der Waals surface area (Å²) in [4.78, 5) is 9.43. The lowest BCUT2D eigenvalue weighted by Crippen LogP contribution is -1.98. The second-order valence-corrected chi connectivity index (χ2v) is 11.9. The highest BCUT2D eigenvalue weighted by Gasteiger charge is 2.17. The predicted octanol–water partition coefficient (Wildman–Crippen LogP) is 11.2. The highest BCUT2D eigenvalue weighted by atomic mass is 15.1. The van der Waals surface area contributed by atoms with Crippen LogP contribution in [-0.4, -0.2) is 14.5 Å². The van der Waals surface area contributed by atoms with Gasteiger partial charge in [0.25, 0.3) is 0 Å². The van der Waals surface area contributed by atoms with Crippen LogP contribution >= 0.6 is 0 Å². The molecule has 0 aliphatic rings. The van der Waals surface area contributed by atoms with Crippen molar-refractivity contribution in [3.8, 4) is 39.2 Å². The van der Waals surface area contributed by atoms with E-state index in [-0.39, 0.29) is 0 Å². The predicted molar refractivity (Wildman–Crippen MR) is 192 cm³/mol. The number of hydrogen-bond acceptors (Lipinski definition) is 2. The summed E-state index contributed by atoms with van der Waals surface area (Å²) in [6.07, 6.45) is 1.82. The van der Waals surface area contributed by atoms with Gasteiger partial charge in [-0.3, -0.25) is 4.57 Å². The third-order valence-electron chi connectivity index (χ3n) is 9.18. The molecule has 0 N–H and O–H groups in total. The van der Waals surface area contributed by atoms with Gasteiger partial charge < -0.3 is 0 Å². The van der Waals surface area contributed by atoms with Gasteiger partial charge in [0.1, 0.15) is 11.6 Å². The third-order valence-corrected chi connectivity index (χ3v) is 9.18. The fraction of sp³-hybridized carbons (Fsp3) is 0.0233. The summed E-state index contributed by atoms with van der Waals surface area (Å²) in [6.45, 7) is 2.03. The van der Waals surface area contributed by atoms with Crippen LogP contribution in [0.3, 0.4) is 0 Å². The molecule has 2 heterocycles. The van der Waals surface area contributed by atoms with E-state index in [4.69, 9.17) is 4.98 Å². The minimum atomic E-state index is 0.880. The van der Waals surface area contributed by atoms with Gasteiger partial charge in [0, 0.05) is 6.20 Å². The molecule has 9 aromatic rings. The fourth-order valence-electron chi connectivity index (χ4n) is 7.08. The van der Waals surface area contributed by atoms with E-state index in [9.17, 15) is 0 Å². The van der Waals surface area contributed by atoms with E-state index in [1.54, 1.807) is 0 Å². The Morgan fingerprint density at radius 2 is 1.02 bits per heavy atom. The molecule has 0 saturated carbocycles. The number of hydrogen-bond donors (Lipinski definition) is 0. The quantitative estimate of drug-likeness (QED) is 0.192. The lowest BCUT2D eigenvalue weighted by atomic mass is 9.85. The smallest absolute Gasteiger partial charge is 0.138 e. The summed E-state index contributed by atoms with van der Waals surface area (Å²) < 4.78 is 2.11. The molecule has 216 valence electrons. The molecule has 0 aliphatic carbocycles. The van der Waals surface area contributed by atoms with Crippen LogP contribution in [0.25, 0.3) is 82.5 Å². The normalized spacial score (nSPS) is 11.6. The number of benzene rings is 7. The van der Waals surface area contributed by atoms with Crippen molar-refractivity contribution in [2.45, 2.75) is 6.92 Å². The van der Waals surface area contributed by atoms with E-state index >= 15 is 0 Å². The van der Waals surface area contributed by atoms with E-state index in [1.807, 2.05) is 31.3 Å². The molecule has 46 heavy (non-hydrogen) atoms. The zero-order valence-electron chi connectivity index (χ0n) is 25.4. The van der Waals surface area contributed by atoms with Gasteiger partial charge in [-0.1, -0.05) is 121 Å². The Labute approximate surface area is 267 Å². The van der Waals surface area contributed by atoms with Crippen LogP contribution in [-0.2, 0) is 0 Å². The van der Waals surface area contributed by atoms with Gasteiger partial charge in [0.2, 0.25) is 0 Å². The highest BCUT2D eigenvalue weighted by molar-refractivity contribution is 6.21. The van der Waals surface area contributed by atoms with Crippen LogP contribution in [0.4, 0.5) is 0 Å². The number of aryl methyl sites for hydroxylation is 1. The third kappa shape index (κ3) is 4.21. The highest BCUT2D eigenvalue weighted by Crippen LogP contribution is 2.44. The van der Waals surface area contributed by atoms with E-state index in [0.29, 0.717) is 0 Å². The van der Waals surface area contributed by atoms with Crippen molar-refractivity contribution in [1.82, 2.24) is 14.5 Å². The Morgan fingerprint density at radius 3 is 1.70 bits per heavy atom. The van der Waals surface area contributed by atoms with Gasteiger partial charge in [0.15, 0.2) is 0 Å². The van der Waals surface area contributed by atoms with Crippen LogP contribution in [0, 0.1) is 6.92 Å². The number of nitrogens with zero attached hydrogens (tertiary/aromatic N) is 3. The Morgan fingerprint density at radius 1 is 0.457 bits per heavy atom. The van der Waals surface area contributed by atoms with Gasteiger partial charge in [-0.15, -0.1) is 0 Å². The standard InChI is InChI=1S/C43H29N3/c1-28-45-39-27-33(23-24-40(39)46(28)41-16-8-9-25-44-41)30-17-20-31(21-18-30)42-35-12-4-6-14-37(35)43(38-15-7-5-13-36(38)42)34-22-19-29-10-2-3-11-32(29)26-34/h2-27H,1H3. The van der Waals surface area contributed by atoms with Crippen LogP contribution in [0.5, 0.6) is 0 Å². The summed E-state index contributed by atoms with van der Waals surface area (Å²) >= 11 is 0. The van der Waals surface area contributed by atoms with E-state index in [2.05, 4.69) is 143 Å². The molecule has 7 aromatic carbocycles. The lowest BCUT2D eigenvalue weighted by Gasteiger charge is -2.18. The molecule has 9 rings (SSSR count). The summed E-state index contributed by atoms with van der Waals surface area (Å²) in [5.74, 6) is 1.80. The van der Waals surface area contributed by atoms with Gasteiger partial charge in [0.05, 0.1) is 11.0 Å². The van der Waals surface area contributed by atoms with Crippen molar-refractivity contribution in [1.29, 1.82) is 0 Å². The number of imidazole rings is 1. The molecule has 3 nitrogen and oxygen atoms in total. The zero-order valence-corrected chi connectivity index (χ0v) is 25.4. The van der Waals surface area contributed by atoms with Gasteiger partial charge in [-0.25, -0.2) is 9.97 Å². The Kier molecular flexibility index (Phi) is 6.04. The molecule has 0 amide bonds. The molecule has 0 fully saturated rings. The number of fused-ring (bicyclic) bond motifs is 4. The van der Waals surface area contributed by atoms with Gasteiger partial charge in [-0.2, -0.15) is 0 Å². The summed E-state index contributed by atoms with van der Waals surface area (Å²) in [5.41, 5.74) is 9.32. The largest absolute Gasteiger partial charge is 0.281 e. The Balaban J connectivity index is 1.18. The first-order valence-electron chi connectivity index (χ1n) is 15.7. The fourth-order valence-corrected chi connectivity index (χ4v) is 7.08. The lowest BCUT2D eigenvalue weighted by molar-refractivity contribution is 0.957. The van der Waals surface area contributed by atoms with Crippen molar-refractivity contribution in [3.05, 3.63) is 164 Å². The van der Waals surface area contributed by atoms with E-state index < -0.39 is 0 Å². The monoisotopic (exact) mass is 587 g/mol. The van der Waals surface area contributed by atoms with Crippen molar-refractivity contribution in [2.24, 2.45) is 0 Å². The number of rotatable bonds is 4. The summed E-state index contributed by atoms with van der Waals surface area (Å²) in [7, 11) is 0. The van der Waals surface area contributed by atoms with E-state index in [0.717, 1.165) is 33.8 Å². The maximum atomic E-state index is 4.88. The number of aromatic nitrogens is 3. The maximum absolute atomic E-state index is 4.88.